The Morgan fingerprint density at radius 3 is 2.30 bits per heavy atom. The highest BCUT2D eigenvalue weighted by atomic mass is 16.5. The van der Waals surface area contributed by atoms with E-state index in [4.69, 9.17) is 4.74 Å². The Morgan fingerprint density at radius 2 is 1.87 bits per heavy atom. The van der Waals surface area contributed by atoms with Crippen molar-refractivity contribution in [2.45, 2.75) is 31.8 Å². The molecule has 3 heterocycles. The van der Waals surface area contributed by atoms with Crippen LogP contribution in [-0.2, 0) is 11.3 Å². The summed E-state index contributed by atoms with van der Waals surface area (Å²) < 4.78 is 6.91. The molecule has 2 fully saturated rings. The number of likely N-dealkylation sites (N-methyl/N-ethyl adjacent to an activating group) is 2. The van der Waals surface area contributed by atoms with E-state index < -0.39 is 5.54 Å². The van der Waals surface area contributed by atoms with Crippen molar-refractivity contribution in [2.75, 3.05) is 39.2 Å². The van der Waals surface area contributed by atoms with E-state index in [2.05, 4.69) is 10.1 Å². The summed E-state index contributed by atoms with van der Waals surface area (Å²) in [6, 6.07) is 0.241. The smallest absolute Gasteiger partial charge is 0.327 e. The molecule has 23 heavy (non-hydrogen) atoms. The first-order valence-corrected chi connectivity index (χ1v) is 7.74. The summed E-state index contributed by atoms with van der Waals surface area (Å²) in [5, 5.41) is 4.44. The number of imide groups is 1. The predicted octanol–water partition coefficient (Wildman–Crippen LogP) is 0.169. The number of piperidine rings is 1. The first-order valence-electron chi connectivity index (χ1n) is 7.74. The van der Waals surface area contributed by atoms with Gasteiger partial charge in [-0.3, -0.25) is 9.69 Å². The number of hydrogen-bond acceptors (Lipinski definition) is 6. The van der Waals surface area contributed by atoms with Crippen molar-refractivity contribution in [1.29, 1.82) is 0 Å². The number of carbonyl (C=O) groups excluding carboxylic acids is 2. The molecule has 2 aliphatic heterocycles. The SMILES string of the molecule is CCn1nc(N2CCC3(CC2)C(=O)N(C)C(=O)N3C)nc1OC. The molecular weight excluding hydrogens is 300 g/mol. The standard InChI is InChI=1S/C14H22N6O3/c1-5-20-12(23-4)15-11(16-20)19-8-6-14(7-9-19)10(21)17(2)13(22)18(14)3/h5-9H2,1-4H3. The summed E-state index contributed by atoms with van der Waals surface area (Å²) in [6.45, 7) is 3.89. The number of methoxy groups -OCH3 is 1. The highest BCUT2D eigenvalue weighted by Crippen LogP contribution is 2.36. The fourth-order valence-electron chi connectivity index (χ4n) is 3.38. The molecule has 2 aliphatic rings. The van der Waals surface area contributed by atoms with Crippen molar-refractivity contribution in [1.82, 2.24) is 24.6 Å². The van der Waals surface area contributed by atoms with Gasteiger partial charge in [0.25, 0.3) is 5.91 Å². The summed E-state index contributed by atoms with van der Waals surface area (Å²) in [7, 11) is 4.81. The third kappa shape index (κ3) is 2.13. The third-order valence-electron chi connectivity index (χ3n) is 4.90. The second-order valence-corrected chi connectivity index (χ2v) is 5.94. The number of anilines is 1. The summed E-state index contributed by atoms with van der Waals surface area (Å²) in [5.74, 6) is 0.487. The van der Waals surface area contributed by atoms with Crippen LogP contribution >= 0.6 is 0 Å². The van der Waals surface area contributed by atoms with E-state index >= 15 is 0 Å². The van der Waals surface area contributed by atoms with Crippen LogP contribution in [0.5, 0.6) is 6.01 Å². The minimum absolute atomic E-state index is 0.116. The van der Waals surface area contributed by atoms with Crippen LogP contribution < -0.4 is 9.64 Å². The van der Waals surface area contributed by atoms with Gasteiger partial charge in [0.2, 0.25) is 5.95 Å². The minimum atomic E-state index is -0.722. The zero-order chi connectivity index (χ0) is 16.8. The van der Waals surface area contributed by atoms with Gasteiger partial charge >= 0.3 is 12.0 Å². The summed E-state index contributed by atoms with van der Waals surface area (Å²) in [4.78, 5) is 33.7. The number of rotatable bonds is 3. The molecule has 0 radical (unpaired) electrons. The van der Waals surface area contributed by atoms with E-state index in [-0.39, 0.29) is 11.9 Å². The second kappa shape index (κ2) is 5.39. The zero-order valence-electron chi connectivity index (χ0n) is 13.9. The van der Waals surface area contributed by atoms with Gasteiger partial charge in [0.15, 0.2) is 0 Å². The van der Waals surface area contributed by atoms with Crippen LogP contribution in [0.25, 0.3) is 0 Å². The van der Waals surface area contributed by atoms with E-state index in [1.165, 1.54) is 11.9 Å². The molecule has 0 N–H and O–H groups in total. The molecule has 9 heteroatoms. The maximum absolute atomic E-state index is 12.5. The maximum Gasteiger partial charge on any atom is 0.327 e. The summed E-state index contributed by atoms with van der Waals surface area (Å²) in [5.41, 5.74) is -0.722. The van der Waals surface area contributed by atoms with Crippen LogP contribution in [0.15, 0.2) is 0 Å². The van der Waals surface area contributed by atoms with Gasteiger partial charge < -0.3 is 14.5 Å². The number of hydrogen-bond donors (Lipinski definition) is 0. The summed E-state index contributed by atoms with van der Waals surface area (Å²) >= 11 is 0. The molecule has 1 spiro atoms. The number of amides is 3. The monoisotopic (exact) mass is 322 g/mol. The molecule has 126 valence electrons. The van der Waals surface area contributed by atoms with Crippen LogP contribution in [0, 0.1) is 0 Å². The quantitative estimate of drug-likeness (QED) is 0.738. The molecule has 0 saturated carbocycles. The topological polar surface area (TPSA) is 83.8 Å². The Kier molecular flexibility index (Phi) is 3.65. The van der Waals surface area contributed by atoms with Crippen molar-refractivity contribution in [3.63, 3.8) is 0 Å². The van der Waals surface area contributed by atoms with Crippen LogP contribution in [-0.4, -0.2) is 76.3 Å². The van der Waals surface area contributed by atoms with Crippen LogP contribution in [0.1, 0.15) is 19.8 Å². The summed E-state index contributed by atoms with van der Waals surface area (Å²) in [6.07, 6.45) is 1.14. The van der Waals surface area contributed by atoms with E-state index in [1.807, 2.05) is 11.8 Å². The molecule has 3 rings (SSSR count). The highest BCUT2D eigenvalue weighted by molar-refractivity contribution is 6.06. The minimum Gasteiger partial charge on any atom is -0.467 e. The first-order chi connectivity index (χ1) is 10.9. The maximum atomic E-state index is 12.5. The van der Waals surface area contributed by atoms with E-state index in [1.54, 1.807) is 23.7 Å². The number of aryl methyl sites for hydroxylation is 1. The highest BCUT2D eigenvalue weighted by Gasteiger charge is 2.55. The van der Waals surface area contributed by atoms with Crippen molar-refractivity contribution in [2.24, 2.45) is 0 Å². The van der Waals surface area contributed by atoms with Crippen LogP contribution in [0.2, 0.25) is 0 Å². The predicted molar refractivity (Wildman–Crippen MR) is 82.4 cm³/mol. The van der Waals surface area contributed by atoms with Gasteiger partial charge in [0, 0.05) is 33.7 Å². The molecule has 0 aromatic carbocycles. The van der Waals surface area contributed by atoms with Crippen LogP contribution in [0.3, 0.4) is 0 Å². The van der Waals surface area contributed by atoms with Gasteiger partial charge in [-0.15, -0.1) is 5.10 Å². The zero-order valence-corrected chi connectivity index (χ0v) is 13.9. The molecule has 1 aromatic heterocycles. The lowest BCUT2D eigenvalue weighted by Gasteiger charge is -2.40. The number of carbonyl (C=O) groups is 2. The Labute approximate surface area is 134 Å². The lowest BCUT2D eigenvalue weighted by atomic mass is 9.86. The third-order valence-corrected chi connectivity index (χ3v) is 4.90. The number of urea groups is 1. The first kappa shape index (κ1) is 15.6. The Hall–Kier alpha value is -2.32. The Balaban J connectivity index is 1.77. The van der Waals surface area contributed by atoms with Gasteiger partial charge in [0.1, 0.15) is 5.54 Å². The molecule has 0 atom stereocenters. The van der Waals surface area contributed by atoms with Crippen molar-refractivity contribution in [3.8, 4) is 6.01 Å². The number of ether oxygens (including phenoxy) is 1. The van der Waals surface area contributed by atoms with E-state index in [0.29, 0.717) is 44.4 Å². The van der Waals surface area contributed by atoms with Crippen LogP contribution in [0.4, 0.5) is 10.7 Å². The van der Waals surface area contributed by atoms with Gasteiger partial charge in [-0.1, -0.05) is 0 Å². The number of nitrogens with zero attached hydrogens (tertiary/aromatic N) is 6. The van der Waals surface area contributed by atoms with E-state index in [0.717, 1.165) is 0 Å². The van der Waals surface area contributed by atoms with Crippen molar-refractivity contribution >= 4 is 17.9 Å². The molecule has 0 aliphatic carbocycles. The number of aromatic nitrogens is 3. The molecule has 2 saturated heterocycles. The second-order valence-electron chi connectivity index (χ2n) is 5.94. The molecule has 1 aromatic rings. The van der Waals surface area contributed by atoms with Crippen molar-refractivity contribution in [3.05, 3.63) is 0 Å². The molecule has 3 amide bonds. The van der Waals surface area contributed by atoms with E-state index in [9.17, 15) is 9.59 Å². The normalized spacial score (nSPS) is 20.8. The fourth-order valence-corrected chi connectivity index (χ4v) is 3.38. The Morgan fingerprint density at radius 1 is 1.22 bits per heavy atom. The lowest BCUT2D eigenvalue weighted by molar-refractivity contribution is -0.133. The molecular formula is C14H22N6O3. The van der Waals surface area contributed by atoms with Crippen molar-refractivity contribution < 1.29 is 14.3 Å². The van der Waals surface area contributed by atoms with Gasteiger partial charge in [0.05, 0.1) is 7.11 Å². The fraction of sp³-hybridized carbons (Fsp3) is 0.714. The van der Waals surface area contributed by atoms with Gasteiger partial charge in [-0.2, -0.15) is 4.98 Å². The average molecular weight is 322 g/mol. The molecule has 0 bridgehead atoms. The average Bonchev–Trinajstić information content (AvgIpc) is 3.07. The largest absolute Gasteiger partial charge is 0.467 e. The lowest BCUT2D eigenvalue weighted by Crippen LogP contribution is -2.55. The Bertz CT molecular complexity index is 613. The molecule has 0 unspecified atom stereocenters. The molecule has 9 nitrogen and oxygen atoms in total. The van der Waals surface area contributed by atoms with Gasteiger partial charge in [-0.25, -0.2) is 9.48 Å². The van der Waals surface area contributed by atoms with Gasteiger partial charge in [-0.05, 0) is 19.8 Å².